The third-order valence-corrected chi connectivity index (χ3v) is 2.06. The van der Waals surface area contributed by atoms with Gasteiger partial charge in [0.2, 0.25) is 0 Å². The Morgan fingerprint density at radius 3 is 2.75 bits per heavy atom. The lowest BCUT2D eigenvalue weighted by atomic mass is 9.95. The van der Waals surface area contributed by atoms with Crippen molar-refractivity contribution in [3.63, 3.8) is 0 Å². The smallest absolute Gasteiger partial charge is 0.261 e. The highest BCUT2D eigenvalue weighted by molar-refractivity contribution is 4.72. The van der Waals surface area contributed by atoms with Crippen molar-refractivity contribution in [2.75, 3.05) is 6.61 Å². The largest absolute Gasteiger partial charge is 0.393 e. The quantitative estimate of drug-likeness (QED) is 0.714. The molecule has 2 nitrogen and oxygen atoms in total. The van der Waals surface area contributed by atoms with E-state index >= 15 is 0 Å². The molecule has 0 amide bonds. The Kier molecular flexibility index (Phi) is 3.88. The summed E-state index contributed by atoms with van der Waals surface area (Å²) >= 11 is 0. The third-order valence-electron chi connectivity index (χ3n) is 2.06. The Bertz CT molecular complexity index is 130. The van der Waals surface area contributed by atoms with Gasteiger partial charge in [-0.05, 0) is 25.7 Å². The van der Waals surface area contributed by atoms with Gasteiger partial charge in [0.25, 0.3) is 6.43 Å². The van der Waals surface area contributed by atoms with Crippen molar-refractivity contribution in [3.8, 4) is 0 Å². The number of hydrogen-bond donors (Lipinski definition) is 1. The van der Waals surface area contributed by atoms with Crippen LogP contribution in [0.3, 0.4) is 0 Å². The maximum Gasteiger partial charge on any atom is 0.261 e. The van der Waals surface area contributed by atoms with Crippen LogP contribution in [-0.2, 0) is 4.74 Å². The third kappa shape index (κ3) is 3.45. The van der Waals surface area contributed by atoms with Gasteiger partial charge in [-0.25, -0.2) is 8.78 Å². The predicted molar refractivity (Wildman–Crippen MR) is 40.2 cm³/mol. The van der Waals surface area contributed by atoms with Crippen molar-refractivity contribution in [2.45, 2.75) is 44.3 Å². The minimum atomic E-state index is -2.40. The fraction of sp³-hybridized carbons (Fsp3) is 1.00. The molecule has 0 aromatic rings. The molecule has 2 unspecified atom stereocenters. The van der Waals surface area contributed by atoms with E-state index in [2.05, 4.69) is 0 Å². The van der Waals surface area contributed by atoms with E-state index < -0.39 is 13.0 Å². The normalized spacial score (nSPS) is 31.0. The summed E-state index contributed by atoms with van der Waals surface area (Å²) in [5.41, 5.74) is 0. The van der Waals surface area contributed by atoms with Crippen molar-refractivity contribution in [2.24, 2.45) is 0 Å². The molecule has 0 saturated heterocycles. The van der Waals surface area contributed by atoms with E-state index in [0.717, 1.165) is 19.3 Å². The Morgan fingerprint density at radius 1 is 1.42 bits per heavy atom. The molecule has 1 aliphatic rings. The lowest BCUT2D eigenvalue weighted by molar-refractivity contribution is -0.0573. The maximum atomic E-state index is 11.7. The molecule has 0 radical (unpaired) electrons. The number of hydrogen-bond acceptors (Lipinski definition) is 2. The molecule has 1 rings (SSSR count). The summed E-state index contributed by atoms with van der Waals surface area (Å²) in [4.78, 5) is 0. The lowest BCUT2D eigenvalue weighted by Crippen LogP contribution is -2.27. The predicted octanol–water partition coefficient (Wildman–Crippen LogP) is 1.57. The zero-order chi connectivity index (χ0) is 8.97. The van der Waals surface area contributed by atoms with Gasteiger partial charge >= 0.3 is 0 Å². The van der Waals surface area contributed by atoms with Crippen molar-refractivity contribution >= 4 is 0 Å². The number of rotatable bonds is 3. The molecule has 1 fully saturated rings. The minimum Gasteiger partial charge on any atom is -0.393 e. The van der Waals surface area contributed by atoms with Gasteiger partial charge in [-0.2, -0.15) is 0 Å². The summed E-state index contributed by atoms with van der Waals surface area (Å²) in [6.07, 6.45) is 0.0216. The molecule has 1 saturated carbocycles. The standard InChI is InChI=1S/C8H14F2O2/c9-8(10)5-12-7-3-1-2-6(11)4-7/h6-8,11H,1-5H2. The molecular weight excluding hydrogens is 166 g/mol. The average molecular weight is 180 g/mol. The van der Waals surface area contributed by atoms with E-state index in [1.807, 2.05) is 0 Å². The van der Waals surface area contributed by atoms with Gasteiger partial charge < -0.3 is 9.84 Å². The van der Waals surface area contributed by atoms with Crippen LogP contribution in [0.5, 0.6) is 0 Å². The highest BCUT2D eigenvalue weighted by Crippen LogP contribution is 2.21. The molecule has 0 aromatic carbocycles. The molecule has 0 spiro atoms. The Balaban J connectivity index is 2.14. The van der Waals surface area contributed by atoms with E-state index in [0.29, 0.717) is 6.42 Å². The molecule has 4 heteroatoms. The molecule has 0 heterocycles. The Hall–Kier alpha value is -0.220. The first-order valence-corrected chi connectivity index (χ1v) is 4.26. The summed E-state index contributed by atoms with van der Waals surface area (Å²) in [6, 6.07) is 0. The van der Waals surface area contributed by atoms with E-state index in [4.69, 9.17) is 4.74 Å². The topological polar surface area (TPSA) is 29.5 Å². The zero-order valence-electron chi connectivity index (χ0n) is 6.88. The Morgan fingerprint density at radius 2 is 2.17 bits per heavy atom. The first-order chi connectivity index (χ1) is 5.68. The van der Waals surface area contributed by atoms with Crippen LogP contribution in [0.15, 0.2) is 0 Å². The first kappa shape index (κ1) is 9.86. The molecule has 1 aliphatic carbocycles. The van der Waals surface area contributed by atoms with Crippen molar-refractivity contribution in [1.82, 2.24) is 0 Å². The van der Waals surface area contributed by atoms with Crippen LogP contribution in [0.4, 0.5) is 8.78 Å². The number of alkyl halides is 2. The highest BCUT2D eigenvalue weighted by atomic mass is 19.3. The van der Waals surface area contributed by atoms with Gasteiger partial charge in [-0.15, -0.1) is 0 Å². The van der Waals surface area contributed by atoms with Crippen LogP contribution in [0, 0.1) is 0 Å². The molecule has 0 aliphatic heterocycles. The Labute approximate surface area is 70.5 Å². The van der Waals surface area contributed by atoms with Crippen LogP contribution < -0.4 is 0 Å². The van der Waals surface area contributed by atoms with E-state index in [1.165, 1.54) is 0 Å². The van der Waals surface area contributed by atoms with Gasteiger partial charge in [-0.1, -0.05) is 0 Å². The number of aliphatic hydroxyl groups excluding tert-OH is 1. The minimum absolute atomic E-state index is 0.164. The SMILES string of the molecule is OC1CCCC(OCC(F)F)C1. The van der Waals surface area contributed by atoms with E-state index in [-0.39, 0.29) is 12.2 Å². The monoisotopic (exact) mass is 180 g/mol. The van der Waals surface area contributed by atoms with Crippen LogP contribution in [0.2, 0.25) is 0 Å². The molecule has 12 heavy (non-hydrogen) atoms. The highest BCUT2D eigenvalue weighted by Gasteiger charge is 2.21. The molecular formula is C8H14F2O2. The van der Waals surface area contributed by atoms with Crippen molar-refractivity contribution in [1.29, 1.82) is 0 Å². The number of ether oxygens (including phenoxy) is 1. The average Bonchev–Trinajstić information content (AvgIpc) is 2.01. The lowest BCUT2D eigenvalue weighted by Gasteiger charge is -2.25. The van der Waals surface area contributed by atoms with Crippen molar-refractivity contribution < 1.29 is 18.6 Å². The molecule has 1 N–H and O–H groups in total. The fourth-order valence-corrected chi connectivity index (χ4v) is 1.48. The van der Waals surface area contributed by atoms with Crippen LogP contribution >= 0.6 is 0 Å². The second kappa shape index (κ2) is 4.72. The van der Waals surface area contributed by atoms with Gasteiger partial charge in [0.05, 0.1) is 12.2 Å². The summed E-state index contributed by atoms with van der Waals surface area (Å²) in [5, 5.41) is 9.18. The van der Waals surface area contributed by atoms with Gasteiger partial charge in [-0.3, -0.25) is 0 Å². The molecule has 72 valence electrons. The number of aliphatic hydroxyl groups is 1. The maximum absolute atomic E-state index is 11.7. The van der Waals surface area contributed by atoms with Crippen LogP contribution in [0.25, 0.3) is 0 Å². The second-order valence-electron chi connectivity index (χ2n) is 3.17. The molecule has 2 atom stereocenters. The number of halogens is 2. The molecule has 0 bridgehead atoms. The summed E-state index contributed by atoms with van der Waals surface area (Å²) in [6.45, 7) is -0.503. The van der Waals surface area contributed by atoms with Gasteiger partial charge in [0.1, 0.15) is 6.61 Å². The summed E-state index contributed by atoms with van der Waals surface area (Å²) in [5.74, 6) is 0. The first-order valence-electron chi connectivity index (χ1n) is 4.26. The van der Waals surface area contributed by atoms with Gasteiger partial charge in [0.15, 0.2) is 0 Å². The van der Waals surface area contributed by atoms with Gasteiger partial charge in [0, 0.05) is 0 Å². The van der Waals surface area contributed by atoms with Crippen molar-refractivity contribution in [3.05, 3.63) is 0 Å². The zero-order valence-corrected chi connectivity index (χ0v) is 6.88. The summed E-state index contributed by atoms with van der Waals surface area (Å²) < 4.78 is 28.3. The second-order valence-corrected chi connectivity index (χ2v) is 3.17. The van der Waals surface area contributed by atoms with E-state index in [9.17, 15) is 13.9 Å². The summed E-state index contributed by atoms with van der Waals surface area (Å²) in [7, 11) is 0. The van der Waals surface area contributed by atoms with E-state index in [1.54, 1.807) is 0 Å². The fourth-order valence-electron chi connectivity index (χ4n) is 1.48. The van der Waals surface area contributed by atoms with Crippen LogP contribution in [-0.4, -0.2) is 30.3 Å². The molecule has 0 aromatic heterocycles. The van der Waals surface area contributed by atoms with Crippen LogP contribution in [0.1, 0.15) is 25.7 Å².